The first-order chi connectivity index (χ1) is 10.2. The van der Waals surface area contributed by atoms with Crippen molar-refractivity contribution in [3.63, 3.8) is 0 Å². The summed E-state index contributed by atoms with van der Waals surface area (Å²) in [6, 6.07) is 12.6. The van der Waals surface area contributed by atoms with Crippen molar-refractivity contribution in [3.8, 4) is 6.07 Å². The third kappa shape index (κ3) is 4.04. The summed E-state index contributed by atoms with van der Waals surface area (Å²) < 4.78 is 5.58. The molecule has 1 heterocycles. The normalized spacial score (nSPS) is 22.4. The van der Waals surface area contributed by atoms with E-state index in [0.717, 1.165) is 44.8 Å². The van der Waals surface area contributed by atoms with E-state index in [2.05, 4.69) is 23.2 Å². The van der Waals surface area contributed by atoms with Gasteiger partial charge in [0.2, 0.25) is 0 Å². The van der Waals surface area contributed by atoms with E-state index in [-0.39, 0.29) is 6.10 Å². The molecule has 114 valence electrons. The number of nitrogens with zero attached hydrogens (tertiary/aromatic N) is 2. The van der Waals surface area contributed by atoms with Crippen molar-refractivity contribution in [3.05, 3.63) is 35.9 Å². The van der Waals surface area contributed by atoms with Gasteiger partial charge < -0.3 is 4.74 Å². The molecule has 1 saturated heterocycles. The Kier molecular flexibility index (Phi) is 5.75. The molecule has 1 N–H and O–H groups in total. The van der Waals surface area contributed by atoms with E-state index >= 15 is 0 Å². The number of benzene rings is 1. The van der Waals surface area contributed by atoms with Crippen LogP contribution in [0.15, 0.2) is 30.3 Å². The lowest BCUT2D eigenvalue weighted by Crippen LogP contribution is -2.47. The van der Waals surface area contributed by atoms with Crippen molar-refractivity contribution < 1.29 is 4.74 Å². The van der Waals surface area contributed by atoms with E-state index in [1.54, 1.807) is 0 Å². The van der Waals surface area contributed by atoms with E-state index in [1.807, 2.05) is 37.3 Å². The highest BCUT2D eigenvalue weighted by Crippen LogP contribution is 2.25. The molecule has 2 unspecified atom stereocenters. The van der Waals surface area contributed by atoms with Crippen molar-refractivity contribution in [1.82, 2.24) is 10.2 Å². The standard InChI is InChI=1S/C17H25N3O/c1-3-19-17(14-18,16-7-5-4-6-8-16)9-10-20-11-12-21-15(2)13-20/h4-8,15,19H,3,9-13H2,1-2H3. The molecule has 1 aliphatic rings. The Balaban J connectivity index is 2.08. The number of rotatable bonds is 6. The van der Waals surface area contributed by atoms with Crippen molar-refractivity contribution in [1.29, 1.82) is 5.26 Å². The summed E-state index contributed by atoms with van der Waals surface area (Å²) in [5.74, 6) is 0. The summed E-state index contributed by atoms with van der Waals surface area (Å²) in [7, 11) is 0. The Labute approximate surface area is 127 Å². The van der Waals surface area contributed by atoms with Crippen LogP contribution < -0.4 is 5.32 Å². The van der Waals surface area contributed by atoms with Gasteiger partial charge in [-0.15, -0.1) is 0 Å². The van der Waals surface area contributed by atoms with Crippen LogP contribution in [0.3, 0.4) is 0 Å². The van der Waals surface area contributed by atoms with Crippen LogP contribution in [0.25, 0.3) is 0 Å². The number of hydrogen-bond donors (Lipinski definition) is 1. The Bertz CT molecular complexity index is 471. The Morgan fingerprint density at radius 2 is 2.19 bits per heavy atom. The summed E-state index contributed by atoms with van der Waals surface area (Å²) >= 11 is 0. The molecule has 1 aromatic rings. The van der Waals surface area contributed by atoms with Gasteiger partial charge in [0, 0.05) is 19.6 Å². The Morgan fingerprint density at radius 1 is 1.43 bits per heavy atom. The van der Waals surface area contributed by atoms with Crippen LogP contribution in [0, 0.1) is 11.3 Å². The van der Waals surface area contributed by atoms with Gasteiger partial charge in [-0.3, -0.25) is 10.2 Å². The molecule has 21 heavy (non-hydrogen) atoms. The van der Waals surface area contributed by atoms with E-state index in [4.69, 9.17) is 4.74 Å². The van der Waals surface area contributed by atoms with Gasteiger partial charge in [-0.25, -0.2) is 0 Å². The minimum atomic E-state index is -0.600. The highest BCUT2D eigenvalue weighted by atomic mass is 16.5. The van der Waals surface area contributed by atoms with Gasteiger partial charge in [0.1, 0.15) is 5.54 Å². The van der Waals surface area contributed by atoms with Gasteiger partial charge in [-0.1, -0.05) is 37.3 Å². The molecule has 0 radical (unpaired) electrons. The zero-order valence-corrected chi connectivity index (χ0v) is 13.0. The lowest BCUT2D eigenvalue weighted by Gasteiger charge is -2.35. The monoisotopic (exact) mass is 287 g/mol. The zero-order valence-electron chi connectivity index (χ0n) is 13.0. The first kappa shape index (κ1) is 16.0. The van der Waals surface area contributed by atoms with Gasteiger partial charge in [-0.05, 0) is 25.5 Å². The summed E-state index contributed by atoms with van der Waals surface area (Å²) in [6.45, 7) is 8.52. The van der Waals surface area contributed by atoms with E-state index in [9.17, 15) is 5.26 Å². The molecule has 0 aliphatic carbocycles. The Hall–Kier alpha value is -1.41. The average Bonchev–Trinajstić information content (AvgIpc) is 2.52. The SMILES string of the molecule is CCNC(C#N)(CCN1CCOC(C)C1)c1ccccc1. The fourth-order valence-electron chi connectivity index (χ4n) is 2.94. The summed E-state index contributed by atoms with van der Waals surface area (Å²) in [5, 5.41) is 13.2. The van der Waals surface area contributed by atoms with Crippen LogP contribution in [0.1, 0.15) is 25.8 Å². The zero-order chi connectivity index (χ0) is 15.1. The number of ether oxygens (including phenoxy) is 1. The molecule has 4 heteroatoms. The second kappa shape index (κ2) is 7.56. The average molecular weight is 287 g/mol. The molecule has 4 nitrogen and oxygen atoms in total. The summed E-state index contributed by atoms with van der Waals surface area (Å²) in [5.41, 5.74) is 0.452. The van der Waals surface area contributed by atoms with E-state index in [1.165, 1.54) is 0 Å². The number of nitrogens with one attached hydrogen (secondary N) is 1. The van der Waals surface area contributed by atoms with Gasteiger partial charge >= 0.3 is 0 Å². The molecule has 1 aromatic carbocycles. The highest BCUT2D eigenvalue weighted by Gasteiger charge is 2.32. The molecule has 2 atom stereocenters. The van der Waals surface area contributed by atoms with Crippen LogP contribution in [0.4, 0.5) is 0 Å². The maximum Gasteiger partial charge on any atom is 0.133 e. The topological polar surface area (TPSA) is 48.3 Å². The molecule has 1 fully saturated rings. The Morgan fingerprint density at radius 3 is 2.81 bits per heavy atom. The quantitative estimate of drug-likeness (QED) is 0.871. The maximum atomic E-state index is 9.79. The lowest BCUT2D eigenvalue weighted by atomic mass is 9.87. The predicted molar refractivity (Wildman–Crippen MR) is 83.9 cm³/mol. The van der Waals surface area contributed by atoms with Crippen molar-refractivity contribution >= 4 is 0 Å². The second-order valence-electron chi connectivity index (χ2n) is 5.65. The highest BCUT2D eigenvalue weighted by molar-refractivity contribution is 5.31. The molecule has 0 spiro atoms. The molecule has 2 rings (SSSR count). The smallest absolute Gasteiger partial charge is 0.133 e. The number of nitriles is 1. The van der Waals surface area contributed by atoms with Crippen LogP contribution in [-0.2, 0) is 10.3 Å². The van der Waals surface area contributed by atoms with E-state index < -0.39 is 5.54 Å². The minimum Gasteiger partial charge on any atom is -0.376 e. The molecule has 0 bridgehead atoms. The molecular formula is C17H25N3O. The summed E-state index contributed by atoms with van der Waals surface area (Å²) in [4.78, 5) is 2.39. The number of hydrogen-bond acceptors (Lipinski definition) is 4. The van der Waals surface area contributed by atoms with Gasteiger partial charge in [0.25, 0.3) is 0 Å². The van der Waals surface area contributed by atoms with Crippen LogP contribution in [0.2, 0.25) is 0 Å². The van der Waals surface area contributed by atoms with Gasteiger partial charge in [0.15, 0.2) is 0 Å². The third-order valence-electron chi connectivity index (χ3n) is 4.06. The molecular weight excluding hydrogens is 262 g/mol. The van der Waals surface area contributed by atoms with E-state index in [0.29, 0.717) is 0 Å². The second-order valence-corrected chi connectivity index (χ2v) is 5.65. The molecule has 0 saturated carbocycles. The van der Waals surface area contributed by atoms with Crippen molar-refractivity contribution in [2.45, 2.75) is 31.9 Å². The lowest BCUT2D eigenvalue weighted by molar-refractivity contribution is -0.0200. The largest absolute Gasteiger partial charge is 0.376 e. The summed E-state index contributed by atoms with van der Waals surface area (Å²) in [6.07, 6.45) is 1.07. The molecule has 0 aromatic heterocycles. The van der Waals surface area contributed by atoms with Crippen LogP contribution in [-0.4, -0.2) is 43.8 Å². The van der Waals surface area contributed by atoms with Crippen molar-refractivity contribution in [2.75, 3.05) is 32.8 Å². The minimum absolute atomic E-state index is 0.283. The first-order valence-electron chi connectivity index (χ1n) is 7.76. The fourth-order valence-corrected chi connectivity index (χ4v) is 2.94. The van der Waals surface area contributed by atoms with Crippen LogP contribution in [0.5, 0.6) is 0 Å². The maximum absolute atomic E-state index is 9.79. The molecule has 1 aliphatic heterocycles. The van der Waals surface area contributed by atoms with Gasteiger partial charge in [-0.2, -0.15) is 5.26 Å². The first-order valence-corrected chi connectivity index (χ1v) is 7.76. The molecule has 0 amide bonds. The number of morpholine rings is 1. The van der Waals surface area contributed by atoms with Gasteiger partial charge in [0.05, 0.1) is 18.8 Å². The fraction of sp³-hybridized carbons (Fsp3) is 0.588. The third-order valence-corrected chi connectivity index (χ3v) is 4.06. The van der Waals surface area contributed by atoms with Crippen molar-refractivity contribution in [2.24, 2.45) is 0 Å². The van der Waals surface area contributed by atoms with Crippen LogP contribution >= 0.6 is 0 Å². The predicted octanol–water partition coefficient (Wildman–Crippen LogP) is 2.13.